The molecule has 5 heteroatoms. The van der Waals surface area contributed by atoms with Crippen LogP contribution >= 0.6 is 0 Å². The molecule has 2 nitrogen and oxygen atoms in total. The second-order valence-electron chi connectivity index (χ2n) is 5.12. The van der Waals surface area contributed by atoms with E-state index in [1.807, 2.05) is 0 Å². The van der Waals surface area contributed by atoms with E-state index in [0.717, 1.165) is 43.6 Å². The number of aliphatic hydroxyl groups is 1. The van der Waals surface area contributed by atoms with E-state index < -0.39 is 11.7 Å². The van der Waals surface area contributed by atoms with Gasteiger partial charge >= 0.3 is 6.18 Å². The molecule has 1 N–H and O–H groups in total. The van der Waals surface area contributed by atoms with E-state index in [9.17, 15) is 13.2 Å². The molecule has 1 atom stereocenters. The molecule has 0 radical (unpaired) electrons. The predicted molar refractivity (Wildman–Crippen MR) is 66.5 cm³/mol. The summed E-state index contributed by atoms with van der Waals surface area (Å²) in [5, 5.41) is 9.15. The lowest BCUT2D eigenvalue weighted by atomic mass is 9.98. The maximum Gasteiger partial charge on any atom is 0.416 e. The van der Waals surface area contributed by atoms with Crippen molar-refractivity contribution in [3.8, 4) is 0 Å². The summed E-state index contributed by atoms with van der Waals surface area (Å²) >= 11 is 0. The van der Waals surface area contributed by atoms with Gasteiger partial charge in [0.2, 0.25) is 0 Å². The Morgan fingerprint density at radius 3 is 2.47 bits per heavy atom. The van der Waals surface area contributed by atoms with Crippen LogP contribution in [0.25, 0.3) is 0 Å². The normalized spacial score (nSPS) is 21.6. The van der Waals surface area contributed by atoms with Crippen molar-refractivity contribution in [1.82, 2.24) is 4.90 Å². The van der Waals surface area contributed by atoms with Gasteiger partial charge in [0, 0.05) is 19.7 Å². The fraction of sp³-hybridized carbons (Fsp3) is 0.571. The molecular weight excluding hydrogens is 255 g/mol. The standard InChI is InChI=1S/C14H18F3NO/c15-14(16,17)13-5-3-11(4-6-13)8-18-7-1-2-12(9-18)10-19/h3-6,12,19H,1-2,7-10H2/t12-/m1/s1. The first kappa shape index (κ1) is 14.3. The summed E-state index contributed by atoms with van der Waals surface area (Å²) < 4.78 is 37.3. The highest BCUT2D eigenvalue weighted by atomic mass is 19.4. The molecule has 1 saturated heterocycles. The Morgan fingerprint density at radius 1 is 1.21 bits per heavy atom. The Kier molecular flexibility index (Phi) is 4.47. The molecule has 1 aliphatic rings. The Morgan fingerprint density at radius 2 is 1.89 bits per heavy atom. The molecule has 0 bridgehead atoms. The molecule has 0 amide bonds. The molecule has 1 aliphatic heterocycles. The number of rotatable bonds is 3. The lowest BCUT2D eigenvalue weighted by molar-refractivity contribution is -0.137. The molecule has 1 fully saturated rings. The molecule has 106 valence electrons. The lowest BCUT2D eigenvalue weighted by Crippen LogP contribution is -2.36. The minimum Gasteiger partial charge on any atom is -0.396 e. The van der Waals surface area contributed by atoms with Gasteiger partial charge in [0.1, 0.15) is 0 Å². The van der Waals surface area contributed by atoms with Crippen LogP contribution in [0, 0.1) is 5.92 Å². The number of nitrogens with zero attached hydrogens (tertiary/aromatic N) is 1. The first-order valence-corrected chi connectivity index (χ1v) is 6.48. The van der Waals surface area contributed by atoms with Crippen LogP contribution in [0.15, 0.2) is 24.3 Å². The molecule has 1 aromatic carbocycles. The maximum atomic E-state index is 12.4. The van der Waals surface area contributed by atoms with Crippen LogP contribution in [0.3, 0.4) is 0 Å². The SMILES string of the molecule is OC[C@@H]1CCCN(Cc2ccc(C(F)(F)F)cc2)C1. The Bertz CT molecular complexity index is 402. The smallest absolute Gasteiger partial charge is 0.396 e. The number of hydrogen-bond donors (Lipinski definition) is 1. The second-order valence-corrected chi connectivity index (χ2v) is 5.12. The molecule has 0 unspecified atom stereocenters. The molecule has 0 aliphatic carbocycles. The topological polar surface area (TPSA) is 23.5 Å². The zero-order chi connectivity index (χ0) is 13.9. The average Bonchev–Trinajstić information content (AvgIpc) is 2.38. The van der Waals surface area contributed by atoms with Crippen molar-refractivity contribution in [2.24, 2.45) is 5.92 Å². The first-order valence-electron chi connectivity index (χ1n) is 6.48. The molecule has 1 heterocycles. The third-order valence-electron chi connectivity index (χ3n) is 3.55. The molecule has 0 spiro atoms. The summed E-state index contributed by atoms with van der Waals surface area (Å²) in [5.74, 6) is 0.295. The van der Waals surface area contributed by atoms with Gasteiger partial charge in [-0.2, -0.15) is 13.2 Å². The van der Waals surface area contributed by atoms with E-state index in [0.29, 0.717) is 12.5 Å². The monoisotopic (exact) mass is 273 g/mol. The van der Waals surface area contributed by atoms with Crippen LogP contribution in [0.5, 0.6) is 0 Å². The molecule has 0 aromatic heterocycles. The number of likely N-dealkylation sites (tertiary alicyclic amines) is 1. The van der Waals surface area contributed by atoms with Crippen molar-refractivity contribution < 1.29 is 18.3 Å². The van der Waals surface area contributed by atoms with Gasteiger partial charge in [-0.15, -0.1) is 0 Å². The number of piperidine rings is 1. The predicted octanol–water partition coefficient (Wildman–Crippen LogP) is 2.91. The van der Waals surface area contributed by atoms with E-state index in [2.05, 4.69) is 4.90 Å². The third kappa shape index (κ3) is 3.94. The van der Waals surface area contributed by atoms with E-state index >= 15 is 0 Å². The van der Waals surface area contributed by atoms with Crippen LogP contribution in [0.4, 0.5) is 13.2 Å². The van der Waals surface area contributed by atoms with Crippen molar-refractivity contribution in [2.75, 3.05) is 19.7 Å². The van der Waals surface area contributed by atoms with Crippen LogP contribution in [0.1, 0.15) is 24.0 Å². The Labute approximate surface area is 110 Å². The second kappa shape index (κ2) is 5.92. The third-order valence-corrected chi connectivity index (χ3v) is 3.55. The van der Waals surface area contributed by atoms with Gasteiger partial charge in [0.15, 0.2) is 0 Å². The Balaban J connectivity index is 1.96. The van der Waals surface area contributed by atoms with E-state index in [1.54, 1.807) is 0 Å². The highest BCUT2D eigenvalue weighted by molar-refractivity contribution is 5.24. The summed E-state index contributed by atoms with van der Waals surface area (Å²) in [6.07, 6.45) is -2.21. The average molecular weight is 273 g/mol. The van der Waals surface area contributed by atoms with Crippen molar-refractivity contribution in [1.29, 1.82) is 0 Å². The molecular formula is C14H18F3NO. The van der Waals surface area contributed by atoms with Gasteiger partial charge in [-0.05, 0) is 43.0 Å². The van der Waals surface area contributed by atoms with Gasteiger partial charge in [0.25, 0.3) is 0 Å². The zero-order valence-electron chi connectivity index (χ0n) is 10.7. The Hall–Kier alpha value is -1.07. The van der Waals surface area contributed by atoms with Crippen molar-refractivity contribution >= 4 is 0 Å². The molecule has 19 heavy (non-hydrogen) atoms. The molecule has 2 rings (SSSR count). The van der Waals surface area contributed by atoms with E-state index in [-0.39, 0.29) is 6.61 Å². The van der Waals surface area contributed by atoms with E-state index in [1.165, 1.54) is 12.1 Å². The van der Waals surface area contributed by atoms with Crippen LogP contribution < -0.4 is 0 Å². The van der Waals surface area contributed by atoms with Gasteiger partial charge in [0.05, 0.1) is 5.56 Å². The quantitative estimate of drug-likeness (QED) is 0.915. The number of aliphatic hydroxyl groups excluding tert-OH is 1. The minimum atomic E-state index is -4.27. The summed E-state index contributed by atoms with van der Waals surface area (Å²) in [6, 6.07) is 5.32. The molecule has 1 aromatic rings. The van der Waals surface area contributed by atoms with Gasteiger partial charge in [-0.25, -0.2) is 0 Å². The highest BCUT2D eigenvalue weighted by Gasteiger charge is 2.30. The van der Waals surface area contributed by atoms with Gasteiger partial charge < -0.3 is 5.11 Å². The molecule has 0 saturated carbocycles. The van der Waals surface area contributed by atoms with Gasteiger partial charge in [-0.1, -0.05) is 12.1 Å². The van der Waals surface area contributed by atoms with Crippen molar-refractivity contribution in [3.05, 3.63) is 35.4 Å². The minimum absolute atomic E-state index is 0.184. The number of benzene rings is 1. The number of alkyl halides is 3. The lowest BCUT2D eigenvalue weighted by Gasteiger charge is -2.31. The van der Waals surface area contributed by atoms with Crippen LogP contribution in [-0.4, -0.2) is 29.7 Å². The van der Waals surface area contributed by atoms with E-state index in [4.69, 9.17) is 5.11 Å². The summed E-state index contributed by atoms with van der Waals surface area (Å²) in [4.78, 5) is 2.19. The first-order chi connectivity index (χ1) is 8.99. The van der Waals surface area contributed by atoms with Crippen molar-refractivity contribution in [3.63, 3.8) is 0 Å². The largest absolute Gasteiger partial charge is 0.416 e. The van der Waals surface area contributed by atoms with Crippen LogP contribution in [0.2, 0.25) is 0 Å². The van der Waals surface area contributed by atoms with Gasteiger partial charge in [-0.3, -0.25) is 4.90 Å². The number of halogens is 3. The zero-order valence-corrected chi connectivity index (χ0v) is 10.7. The summed E-state index contributed by atoms with van der Waals surface area (Å²) in [7, 11) is 0. The summed E-state index contributed by atoms with van der Waals surface area (Å²) in [6.45, 7) is 2.59. The maximum absolute atomic E-state index is 12.4. The fourth-order valence-corrected chi connectivity index (χ4v) is 2.50. The fourth-order valence-electron chi connectivity index (χ4n) is 2.50. The highest BCUT2D eigenvalue weighted by Crippen LogP contribution is 2.29. The summed E-state index contributed by atoms with van der Waals surface area (Å²) in [5.41, 5.74) is 0.273. The van der Waals surface area contributed by atoms with Crippen molar-refractivity contribution in [2.45, 2.75) is 25.6 Å². The number of hydrogen-bond acceptors (Lipinski definition) is 2. The van der Waals surface area contributed by atoms with Crippen LogP contribution in [-0.2, 0) is 12.7 Å².